The molecule has 0 heterocycles. The normalized spacial score (nSPS) is 10.9. The monoisotopic (exact) mass is 259 g/mol. The van der Waals surface area contributed by atoms with Crippen molar-refractivity contribution in [1.29, 1.82) is 0 Å². The highest BCUT2D eigenvalue weighted by atomic mass is 31.1. The second-order valence-electron chi connectivity index (χ2n) is 5.40. The fraction of sp³-hybridized carbons (Fsp3) is 1.00. The first-order valence-corrected chi connectivity index (χ1v) is 9.86. The number of unbranched alkanes of at least 4 members (excludes halogenated alkanes) is 10. The molecule has 0 nitrogen and oxygen atoms in total. The van der Waals surface area contributed by atoms with Gasteiger partial charge in [0.15, 0.2) is 0 Å². The van der Waals surface area contributed by atoms with Crippen LogP contribution in [0.3, 0.4) is 0 Å². The Labute approximate surface area is 112 Å². The Morgan fingerprint density at radius 1 is 0.471 bits per heavy atom. The van der Waals surface area contributed by atoms with Crippen molar-refractivity contribution in [2.75, 3.05) is 12.3 Å². The van der Waals surface area contributed by atoms with Crippen molar-refractivity contribution in [2.45, 2.75) is 90.9 Å². The van der Waals surface area contributed by atoms with Gasteiger partial charge in [-0.15, -0.1) is 0 Å². The van der Waals surface area contributed by atoms with E-state index >= 15 is 0 Å². The lowest BCUT2D eigenvalue weighted by molar-refractivity contribution is 0.623. The third kappa shape index (κ3) is 16.4. The van der Waals surface area contributed by atoms with Gasteiger partial charge < -0.3 is 0 Å². The van der Waals surface area contributed by atoms with Crippen LogP contribution < -0.4 is 0 Å². The van der Waals surface area contributed by atoms with Gasteiger partial charge >= 0.3 is 0 Å². The Bertz CT molecular complexity index is 109. The molecule has 0 aromatic heterocycles. The van der Waals surface area contributed by atoms with E-state index in [0.29, 0.717) is 0 Å². The van der Waals surface area contributed by atoms with Gasteiger partial charge in [0.25, 0.3) is 0 Å². The van der Waals surface area contributed by atoms with Gasteiger partial charge in [-0.1, -0.05) is 65.2 Å². The van der Waals surface area contributed by atoms with Gasteiger partial charge in [0.2, 0.25) is 0 Å². The fourth-order valence-electron chi connectivity index (χ4n) is 2.28. The third-order valence-electron chi connectivity index (χ3n) is 3.52. The van der Waals surface area contributed by atoms with E-state index in [1.54, 1.807) is 12.3 Å². The summed E-state index contributed by atoms with van der Waals surface area (Å²) in [5.74, 6) is 0. The van der Waals surface area contributed by atoms with Crippen molar-refractivity contribution >= 4 is 8.58 Å². The van der Waals surface area contributed by atoms with Crippen LogP contribution in [-0.4, -0.2) is 12.3 Å². The first kappa shape index (κ1) is 17.4. The molecule has 104 valence electrons. The molecule has 1 heteroatoms. The maximum Gasteiger partial charge on any atom is 0.0549 e. The maximum absolute atomic E-state index is 2.30. The van der Waals surface area contributed by atoms with E-state index in [-0.39, 0.29) is 0 Å². The quantitative estimate of drug-likeness (QED) is 0.260. The van der Waals surface area contributed by atoms with E-state index in [1.807, 2.05) is 0 Å². The largest absolute Gasteiger partial charge is 0.0654 e. The first-order chi connectivity index (χ1) is 8.41. The van der Waals surface area contributed by atoms with Gasteiger partial charge in [-0.2, -0.15) is 0 Å². The molecule has 0 amide bonds. The molecule has 0 saturated carbocycles. The predicted octanol–water partition coefficient (Wildman–Crippen LogP) is 6.12. The van der Waals surface area contributed by atoms with E-state index in [4.69, 9.17) is 0 Å². The first-order valence-electron chi connectivity index (χ1n) is 8.23. The molecular weight excluding hydrogens is 223 g/mol. The smallest absolute Gasteiger partial charge is 0.0549 e. The zero-order valence-electron chi connectivity index (χ0n) is 12.5. The Morgan fingerprint density at radius 3 is 1.24 bits per heavy atom. The summed E-state index contributed by atoms with van der Waals surface area (Å²) in [6.07, 6.45) is 20.8. The second kappa shape index (κ2) is 16.4. The molecule has 0 radical (unpaired) electrons. The van der Waals surface area contributed by atoms with Crippen LogP contribution >= 0.6 is 8.58 Å². The summed E-state index contributed by atoms with van der Waals surface area (Å²) >= 11 is 0. The minimum absolute atomic E-state index is 0.794. The molecule has 0 N–H and O–H groups in total. The van der Waals surface area contributed by atoms with Gasteiger partial charge in [0, 0.05) is 0 Å². The Kier molecular flexibility index (Phi) is 16.8. The van der Waals surface area contributed by atoms with Crippen LogP contribution in [0.25, 0.3) is 0 Å². The van der Waals surface area contributed by atoms with Gasteiger partial charge in [0.1, 0.15) is 0 Å². The Balaban J connectivity index is 2.85. The molecule has 0 aliphatic carbocycles. The highest BCUT2D eigenvalue weighted by molar-refractivity contribution is 7.37. The van der Waals surface area contributed by atoms with E-state index in [0.717, 1.165) is 8.58 Å². The molecule has 0 unspecified atom stereocenters. The summed E-state index contributed by atoms with van der Waals surface area (Å²) < 4.78 is 0. The molecule has 0 rings (SSSR count). The molecule has 17 heavy (non-hydrogen) atoms. The second-order valence-corrected chi connectivity index (χ2v) is 7.13. The Morgan fingerprint density at radius 2 is 0.824 bits per heavy atom. The zero-order valence-corrected chi connectivity index (χ0v) is 13.6. The molecular formula is C16H36P+. The number of hydrogen-bond donors (Lipinski definition) is 0. The van der Waals surface area contributed by atoms with Crippen LogP contribution in [0, 0.1) is 0 Å². The van der Waals surface area contributed by atoms with Crippen LogP contribution in [0.2, 0.25) is 0 Å². The summed E-state index contributed by atoms with van der Waals surface area (Å²) in [5.41, 5.74) is 0. The molecule has 0 saturated heterocycles. The molecule has 0 aliphatic heterocycles. The highest BCUT2D eigenvalue weighted by Crippen LogP contribution is 2.17. The number of rotatable bonds is 14. The van der Waals surface area contributed by atoms with E-state index < -0.39 is 0 Å². The van der Waals surface area contributed by atoms with Crippen LogP contribution in [-0.2, 0) is 0 Å². The van der Waals surface area contributed by atoms with Crippen molar-refractivity contribution in [1.82, 2.24) is 0 Å². The SMILES string of the molecule is CCCCCCCC[PH2+]CCCCCCCC. The topological polar surface area (TPSA) is 0 Å². The third-order valence-corrected chi connectivity index (χ3v) is 5.16. The summed E-state index contributed by atoms with van der Waals surface area (Å²) in [6, 6.07) is 0. The van der Waals surface area contributed by atoms with Crippen molar-refractivity contribution < 1.29 is 0 Å². The lowest BCUT2D eigenvalue weighted by Gasteiger charge is -1.99. The molecule has 0 bridgehead atoms. The van der Waals surface area contributed by atoms with E-state index in [9.17, 15) is 0 Å². The molecule has 0 aromatic rings. The van der Waals surface area contributed by atoms with Crippen molar-refractivity contribution in [3.05, 3.63) is 0 Å². The predicted molar refractivity (Wildman–Crippen MR) is 86.2 cm³/mol. The molecule has 0 spiro atoms. The minimum atomic E-state index is 0.794. The van der Waals surface area contributed by atoms with Gasteiger partial charge in [-0.05, 0) is 34.3 Å². The standard InChI is InChI=1S/C16H35P/c1-3-5-7-9-11-13-15-17-16-14-12-10-8-6-4-2/h17H,3-16H2,1-2H3/p+1. The van der Waals surface area contributed by atoms with E-state index in [1.165, 1.54) is 77.0 Å². The summed E-state index contributed by atoms with van der Waals surface area (Å²) in [6.45, 7) is 4.59. The zero-order chi connectivity index (χ0) is 12.6. The summed E-state index contributed by atoms with van der Waals surface area (Å²) in [5, 5.41) is 0. The van der Waals surface area contributed by atoms with Crippen LogP contribution in [0.1, 0.15) is 90.9 Å². The summed E-state index contributed by atoms with van der Waals surface area (Å²) in [7, 11) is 0.794. The van der Waals surface area contributed by atoms with Crippen molar-refractivity contribution in [2.24, 2.45) is 0 Å². The van der Waals surface area contributed by atoms with E-state index in [2.05, 4.69) is 13.8 Å². The lowest BCUT2D eigenvalue weighted by Crippen LogP contribution is -1.84. The lowest BCUT2D eigenvalue weighted by atomic mass is 10.1. The molecule has 0 fully saturated rings. The maximum atomic E-state index is 2.30. The van der Waals surface area contributed by atoms with Crippen LogP contribution in [0.4, 0.5) is 0 Å². The van der Waals surface area contributed by atoms with Crippen LogP contribution in [0.5, 0.6) is 0 Å². The molecule has 0 atom stereocenters. The van der Waals surface area contributed by atoms with Crippen molar-refractivity contribution in [3.63, 3.8) is 0 Å². The van der Waals surface area contributed by atoms with Gasteiger partial charge in [-0.3, -0.25) is 0 Å². The van der Waals surface area contributed by atoms with Crippen LogP contribution in [0.15, 0.2) is 0 Å². The molecule has 0 aromatic carbocycles. The number of hydrogen-bond acceptors (Lipinski definition) is 0. The minimum Gasteiger partial charge on any atom is -0.0654 e. The molecule has 0 aliphatic rings. The summed E-state index contributed by atoms with van der Waals surface area (Å²) in [4.78, 5) is 0. The van der Waals surface area contributed by atoms with Gasteiger partial charge in [0.05, 0.1) is 12.3 Å². The van der Waals surface area contributed by atoms with Crippen molar-refractivity contribution in [3.8, 4) is 0 Å². The van der Waals surface area contributed by atoms with Gasteiger partial charge in [-0.25, -0.2) is 0 Å². The fourth-order valence-corrected chi connectivity index (χ4v) is 3.73. The Hall–Kier alpha value is 0.430. The highest BCUT2D eigenvalue weighted by Gasteiger charge is 1.97. The average molecular weight is 259 g/mol. The average Bonchev–Trinajstić information content (AvgIpc) is 2.35.